The second-order valence-corrected chi connectivity index (χ2v) is 7.67. The van der Waals surface area contributed by atoms with E-state index in [1.54, 1.807) is 17.8 Å². The van der Waals surface area contributed by atoms with E-state index in [4.69, 9.17) is 26.4 Å². The molecule has 5 nitrogen and oxygen atoms in total. The summed E-state index contributed by atoms with van der Waals surface area (Å²) in [7, 11) is 3.06. The van der Waals surface area contributed by atoms with Crippen LogP contribution in [0.1, 0.15) is 31.4 Å². The molecular formula is C17H18N2O3S2. The van der Waals surface area contributed by atoms with Gasteiger partial charge in [0, 0.05) is 10.3 Å². The number of thiocarbonyl (C=S) groups is 1. The average molecular weight is 362 g/mol. The van der Waals surface area contributed by atoms with Gasteiger partial charge in [0.25, 0.3) is 0 Å². The summed E-state index contributed by atoms with van der Waals surface area (Å²) in [4.78, 5) is 8.43. The Morgan fingerprint density at radius 3 is 2.42 bits per heavy atom. The monoisotopic (exact) mass is 362 g/mol. The van der Waals surface area contributed by atoms with Gasteiger partial charge in [-0.05, 0) is 25.0 Å². The largest absolute Gasteiger partial charge is 0.481 e. The van der Waals surface area contributed by atoms with Crippen molar-refractivity contribution in [3.05, 3.63) is 35.4 Å². The molecule has 0 saturated carbocycles. The van der Waals surface area contributed by atoms with Gasteiger partial charge in [0.2, 0.25) is 11.8 Å². The van der Waals surface area contributed by atoms with Gasteiger partial charge < -0.3 is 14.2 Å². The topological polar surface area (TPSA) is 53.5 Å². The molecule has 7 heteroatoms. The van der Waals surface area contributed by atoms with Crippen LogP contribution in [0.2, 0.25) is 0 Å². The first kappa shape index (κ1) is 17.0. The quantitative estimate of drug-likeness (QED) is 0.734. The van der Waals surface area contributed by atoms with Crippen LogP contribution in [0, 0.1) is 0 Å². The van der Waals surface area contributed by atoms with Gasteiger partial charge in [-0.15, -0.1) is 11.8 Å². The van der Waals surface area contributed by atoms with Crippen LogP contribution < -0.4 is 14.2 Å². The highest BCUT2D eigenvalue weighted by Gasteiger charge is 2.39. The van der Waals surface area contributed by atoms with Crippen molar-refractivity contribution in [1.29, 1.82) is 0 Å². The lowest BCUT2D eigenvalue weighted by molar-refractivity contribution is 0.348. The van der Waals surface area contributed by atoms with Gasteiger partial charge >= 0.3 is 6.01 Å². The van der Waals surface area contributed by atoms with E-state index in [0.29, 0.717) is 17.5 Å². The molecule has 2 aromatic rings. The number of ether oxygens (including phenoxy) is 3. The molecule has 0 N–H and O–H groups in total. The predicted molar refractivity (Wildman–Crippen MR) is 98.6 cm³/mol. The molecule has 0 aliphatic carbocycles. The Bertz CT molecular complexity index is 775. The molecule has 1 aromatic carbocycles. The minimum absolute atomic E-state index is 0.0291. The highest BCUT2D eigenvalue weighted by atomic mass is 32.2. The molecule has 24 heavy (non-hydrogen) atoms. The first-order chi connectivity index (χ1) is 11.5. The number of hydrogen-bond acceptors (Lipinski definition) is 7. The molecule has 0 bridgehead atoms. The predicted octanol–water partition coefficient (Wildman–Crippen LogP) is 4.33. The van der Waals surface area contributed by atoms with E-state index in [1.165, 1.54) is 19.8 Å². The van der Waals surface area contributed by atoms with Crippen molar-refractivity contribution in [3.8, 4) is 23.5 Å². The molecule has 3 rings (SSSR count). The van der Waals surface area contributed by atoms with Crippen molar-refractivity contribution in [2.24, 2.45) is 0 Å². The molecule has 126 valence electrons. The van der Waals surface area contributed by atoms with E-state index in [2.05, 4.69) is 29.9 Å². The maximum Gasteiger partial charge on any atom is 0.328 e. The Balaban J connectivity index is 2.03. The number of hydrogen-bond donors (Lipinski definition) is 0. The average Bonchev–Trinajstić information content (AvgIpc) is 2.87. The number of fused-ring (bicyclic) bond motifs is 1. The van der Waals surface area contributed by atoms with E-state index in [1.807, 2.05) is 12.1 Å². The van der Waals surface area contributed by atoms with Gasteiger partial charge in [0.15, 0.2) is 0 Å². The lowest BCUT2D eigenvalue weighted by atomic mass is 9.93. The van der Waals surface area contributed by atoms with Crippen LogP contribution >= 0.6 is 24.0 Å². The van der Waals surface area contributed by atoms with Crippen LogP contribution in [0.5, 0.6) is 23.5 Å². The zero-order valence-electron chi connectivity index (χ0n) is 14.0. The summed E-state index contributed by atoms with van der Waals surface area (Å²) in [5, 5.41) is 0. The molecule has 1 aliphatic heterocycles. The summed E-state index contributed by atoms with van der Waals surface area (Å²) >= 11 is 7.28. The Kier molecular flexibility index (Phi) is 4.64. The SMILES string of the molecule is CCC1(C)SC(=S)c2c(Oc3nc(OC)cc(OC)n3)cccc21. The Morgan fingerprint density at radius 2 is 1.83 bits per heavy atom. The van der Waals surface area contributed by atoms with Crippen molar-refractivity contribution in [2.45, 2.75) is 25.0 Å². The van der Waals surface area contributed by atoms with E-state index < -0.39 is 0 Å². The first-order valence-corrected chi connectivity index (χ1v) is 8.75. The van der Waals surface area contributed by atoms with Crippen LogP contribution in [0.25, 0.3) is 0 Å². The summed E-state index contributed by atoms with van der Waals surface area (Å²) in [6.07, 6.45) is 0.984. The van der Waals surface area contributed by atoms with Crippen molar-refractivity contribution in [3.63, 3.8) is 0 Å². The fourth-order valence-electron chi connectivity index (χ4n) is 2.58. The van der Waals surface area contributed by atoms with Crippen LogP contribution in [0.3, 0.4) is 0 Å². The minimum atomic E-state index is -0.0291. The summed E-state index contributed by atoms with van der Waals surface area (Å²) in [5.41, 5.74) is 2.14. The number of nitrogens with zero attached hydrogens (tertiary/aromatic N) is 2. The van der Waals surface area contributed by atoms with Gasteiger partial charge in [0.05, 0.1) is 24.5 Å². The fraction of sp³-hybridized carbons (Fsp3) is 0.353. The lowest BCUT2D eigenvalue weighted by Gasteiger charge is -2.21. The Hall–Kier alpha value is -1.86. The molecule has 1 atom stereocenters. The number of benzene rings is 1. The maximum atomic E-state index is 5.93. The molecule has 0 spiro atoms. The molecule has 0 saturated heterocycles. The fourth-order valence-corrected chi connectivity index (χ4v) is 4.49. The molecule has 0 radical (unpaired) electrons. The zero-order chi connectivity index (χ0) is 17.3. The Labute approximate surface area is 150 Å². The normalized spacial score (nSPS) is 19.1. The van der Waals surface area contributed by atoms with E-state index in [-0.39, 0.29) is 10.8 Å². The standard InChI is InChI=1S/C17H18N2O3S2/c1-5-17(2)10-7-6-8-11(14(10)15(23)24-17)22-16-18-12(20-3)9-13(19-16)21-4/h6-9H,5H2,1-4H3. The maximum absolute atomic E-state index is 5.93. The van der Waals surface area contributed by atoms with Crippen LogP contribution in [0.15, 0.2) is 24.3 Å². The molecule has 1 aromatic heterocycles. The van der Waals surface area contributed by atoms with Gasteiger partial charge in [-0.1, -0.05) is 31.3 Å². The van der Waals surface area contributed by atoms with E-state index in [0.717, 1.165) is 16.2 Å². The summed E-state index contributed by atoms with van der Waals surface area (Å²) in [5.74, 6) is 1.40. The van der Waals surface area contributed by atoms with Crippen LogP contribution in [-0.2, 0) is 4.75 Å². The first-order valence-electron chi connectivity index (χ1n) is 7.52. The van der Waals surface area contributed by atoms with Gasteiger partial charge in [-0.3, -0.25) is 0 Å². The van der Waals surface area contributed by atoms with Gasteiger partial charge in [-0.25, -0.2) is 0 Å². The third kappa shape index (κ3) is 2.93. The molecule has 1 aliphatic rings. The second kappa shape index (κ2) is 6.57. The second-order valence-electron chi connectivity index (χ2n) is 5.49. The van der Waals surface area contributed by atoms with Crippen molar-refractivity contribution in [1.82, 2.24) is 9.97 Å². The Morgan fingerprint density at radius 1 is 1.17 bits per heavy atom. The minimum Gasteiger partial charge on any atom is -0.481 e. The summed E-state index contributed by atoms with van der Waals surface area (Å²) in [6, 6.07) is 7.70. The molecule has 0 amide bonds. The van der Waals surface area contributed by atoms with Crippen molar-refractivity contribution >= 4 is 28.2 Å². The molecular weight excluding hydrogens is 344 g/mol. The third-order valence-electron chi connectivity index (χ3n) is 4.07. The molecule has 2 heterocycles. The number of aromatic nitrogens is 2. The third-order valence-corrected chi connectivity index (χ3v) is 5.87. The zero-order valence-corrected chi connectivity index (χ0v) is 15.6. The van der Waals surface area contributed by atoms with Crippen LogP contribution in [0.4, 0.5) is 0 Å². The van der Waals surface area contributed by atoms with Gasteiger partial charge in [-0.2, -0.15) is 9.97 Å². The van der Waals surface area contributed by atoms with E-state index >= 15 is 0 Å². The van der Waals surface area contributed by atoms with Crippen molar-refractivity contribution in [2.75, 3.05) is 14.2 Å². The number of rotatable bonds is 5. The van der Waals surface area contributed by atoms with Crippen molar-refractivity contribution < 1.29 is 14.2 Å². The molecule has 1 unspecified atom stereocenters. The molecule has 0 fully saturated rings. The van der Waals surface area contributed by atoms with Gasteiger partial charge in [0.1, 0.15) is 5.75 Å². The summed E-state index contributed by atoms with van der Waals surface area (Å²) < 4.78 is 17.1. The number of methoxy groups -OCH3 is 2. The van der Waals surface area contributed by atoms with Crippen LogP contribution in [-0.4, -0.2) is 28.4 Å². The van der Waals surface area contributed by atoms with E-state index in [9.17, 15) is 0 Å². The lowest BCUT2D eigenvalue weighted by Crippen LogP contribution is -2.12. The highest BCUT2D eigenvalue weighted by Crippen LogP contribution is 2.52. The summed E-state index contributed by atoms with van der Waals surface area (Å²) in [6.45, 7) is 4.36. The highest BCUT2D eigenvalue weighted by molar-refractivity contribution is 8.24. The number of thioether (sulfide) groups is 1. The smallest absolute Gasteiger partial charge is 0.328 e.